The number of rotatable bonds is 5. The molecular weight excluding hydrogens is 172 g/mol. The first-order chi connectivity index (χ1) is 6.83. The number of hydrogen-bond acceptors (Lipinski definition) is 1. The Kier molecular flexibility index (Phi) is 4.11. The van der Waals surface area contributed by atoms with Crippen LogP contribution in [0, 0.1) is 0 Å². The summed E-state index contributed by atoms with van der Waals surface area (Å²) in [5, 5.41) is 0. The molecule has 0 fully saturated rings. The quantitative estimate of drug-likeness (QED) is 0.512. The van der Waals surface area contributed by atoms with Crippen LogP contribution in [0.1, 0.15) is 30.4 Å². The standard InChI is InChI=1S/C13H16O/c1-3-7-12-8-5-6-9-13(12)11(4-2)10-14/h3,5-6,8-11H,1,4,7H2,2H3. The fraction of sp³-hybridized carbons (Fsp3) is 0.308. The Morgan fingerprint density at radius 3 is 2.71 bits per heavy atom. The van der Waals surface area contributed by atoms with Crippen LogP contribution >= 0.6 is 0 Å². The lowest BCUT2D eigenvalue weighted by Gasteiger charge is -2.12. The van der Waals surface area contributed by atoms with Gasteiger partial charge >= 0.3 is 0 Å². The molecule has 1 rings (SSSR count). The molecule has 0 aliphatic heterocycles. The lowest BCUT2D eigenvalue weighted by Crippen LogP contribution is -2.02. The molecule has 0 aliphatic rings. The summed E-state index contributed by atoms with van der Waals surface area (Å²) in [5.41, 5.74) is 2.35. The summed E-state index contributed by atoms with van der Waals surface area (Å²) in [6.07, 6.45) is 4.59. The smallest absolute Gasteiger partial charge is 0.127 e. The molecule has 0 radical (unpaired) electrons. The number of hydrogen-bond donors (Lipinski definition) is 0. The summed E-state index contributed by atoms with van der Waals surface area (Å²) in [4.78, 5) is 10.9. The zero-order chi connectivity index (χ0) is 10.4. The zero-order valence-corrected chi connectivity index (χ0v) is 8.57. The Labute approximate surface area is 85.5 Å². The lowest BCUT2D eigenvalue weighted by molar-refractivity contribution is -0.109. The Hall–Kier alpha value is -1.37. The fourth-order valence-electron chi connectivity index (χ4n) is 1.63. The minimum absolute atomic E-state index is 0.0335. The van der Waals surface area contributed by atoms with E-state index in [-0.39, 0.29) is 5.92 Å². The number of carbonyl (C=O) groups is 1. The molecule has 1 aromatic rings. The molecule has 74 valence electrons. The van der Waals surface area contributed by atoms with Crippen molar-refractivity contribution in [3.05, 3.63) is 48.0 Å². The van der Waals surface area contributed by atoms with Crippen molar-refractivity contribution in [3.8, 4) is 0 Å². The molecule has 0 N–H and O–H groups in total. The van der Waals surface area contributed by atoms with Crippen molar-refractivity contribution in [1.82, 2.24) is 0 Å². The van der Waals surface area contributed by atoms with Crippen molar-refractivity contribution in [2.45, 2.75) is 25.7 Å². The lowest BCUT2D eigenvalue weighted by atomic mass is 9.92. The predicted molar refractivity (Wildman–Crippen MR) is 59.4 cm³/mol. The van der Waals surface area contributed by atoms with Crippen LogP contribution in [0.3, 0.4) is 0 Å². The van der Waals surface area contributed by atoms with Gasteiger partial charge < -0.3 is 4.79 Å². The van der Waals surface area contributed by atoms with Gasteiger partial charge in [0, 0.05) is 5.92 Å². The van der Waals surface area contributed by atoms with Crippen molar-refractivity contribution < 1.29 is 4.79 Å². The molecule has 0 aliphatic carbocycles. The first-order valence-electron chi connectivity index (χ1n) is 4.97. The summed E-state index contributed by atoms with van der Waals surface area (Å²) in [7, 11) is 0. The van der Waals surface area contributed by atoms with Crippen molar-refractivity contribution >= 4 is 6.29 Å². The molecule has 1 unspecified atom stereocenters. The number of aldehydes is 1. The maximum Gasteiger partial charge on any atom is 0.127 e. The maximum absolute atomic E-state index is 10.9. The molecular formula is C13H16O. The van der Waals surface area contributed by atoms with Crippen LogP contribution in [0.2, 0.25) is 0 Å². The summed E-state index contributed by atoms with van der Waals surface area (Å²) in [6, 6.07) is 8.07. The summed E-state index contributed by atoms with van der Waals surface area (Å²) in [5.74, 6) is 0.0335. The summed E-state index contributed by atoms with van der Waals surface area (Å²) in [6.45, 7) is 5.75. The molecule has 0 aromatic heterocycles. The molecule has 0 bridgehead atoms. The van der Waals surface area contributed by atoms with Crippen LogP contribution in [0.5, 0.6) is 0 Å². The first-order valence-corrected chi connectivity index (χ1v) is 4.97. The highest BCUT2D eigenvalue weighted by molar-refractivity contribution is 5.63. The molecule has 14 heavy (non-hydrogen) atoms. The van der Waals surface area contributed by atoms with Gasteiger partial charge in [0.05, 0.1) is 0 Å². The Balaban J connectivity index is 3.03. The number of carbonyl (C=O) groups excluding carboxylic acids is 1. The Bertz CT molecular complexity index is 315. The van der Waals surface area contributed by atoms with Crippen LogP contribution in [0.25, 0.3) is 0 Å². The van der Waals surface area contributed by atoms with Crippen molar-refractivity contribution in [3.63, 3.8) is 0 Å². The van der Waals surface area contributed by atoms with Gasteiger partial charge in [0.2, 0.25) is 0 Å². The molecule has 0 spiro atoms. The molecule has 1 atom stereocenters. The van der Waals surface area contributed by atoms with E-state index in [0.29, 0.717) is 0 Å². The Morgan fingerprint density at radius 1 is 1.43 bits per heavy atom. The molecule has 0 amide bonds. The van der Waals surface area contributed by atoms with Gasteiger partial charge in [0.15, 0.2) is 0 Å². The molecule has 0 saturated carbocycles. The van der Waals surface area contributed by atoms with Gasteiger partial charge in [-0.3, -0.25) is 0 Å². The summed E-state index contributed by atoms with van der Waals surface area (Å²) < 4.78 is 0. The van der Waals surface area contributed by atoms with Gasteiger partial charge in [0.25, 0.3) is 0 Å². The molecule has 1 aromatic carbocycles. The average Bonchev–Trinajstić information content (AvgIpc) is 2.23. The maximum atomic E-state index is 10.9. The van der Waals surface area contributed by atoms with Gasteiger partial charge in [-0.05, 0) is 24.0 Å². The van der Waals surface area contributed by atoms with E-state index in [1.165, 1.54) is 5.56 Å². The highest BCUT2D eigenvalue weighted by Gasteiger charge is 2.10. The van der Waals surface area contributed by atoms with Crippen LogP contribution in [0.15, 0.2) is 36.9 Å². The monoisotopic (exact) mass is 188 g/mol. The zero-order valence-electron chi connectivity index (χ0n) is 8.57. The van der Waals surface area contributed by atoms with E-state index in [2.05, 4.69) is 12.6 Å². The van der Waals surface area contributed by atoms with E-state index in [1.807, 2.05) is 31.2 Å². The number of allylic oxidation sites excluding steroid dienone is 1. The number of benzene rings is 1. The van der Waals surface area contributed by atoms with Gasteiger partial charge in [-0.25, -0.2) is 0 Å². The SMILES string of the molecule is C=CCc1ccccc1C(C=O)CC. The minimum Gasteiger partial charge on any atom is -0.303 e. The second-order valence-corrected chi connectivity index (χ2v) is 3.34. The molecule has 0 saturated heterocycles. The average molecular weight is 188 g/mol. The van der Waals surface area contributed by atoms with Crippen LogP contribution < -0.4 is 0 Å². The van der Waals surface area contributed by atoms with E-state index >= 15 is 0 Å². The fourth-order valence-corrected chi connectivity index (χ4v) is 1.63. The van der Waals surface area contributed by atoms with Gasteiger partial charge in [-0.15, -0.1) is 6.58 Å². The van der Waals surface area contributed by atoms with E-state index < -0.39 is 0 Å². The second kappa shape index (κ2) is 5.38. The highest BCUT2D eigenvalue weighted by atomic mass is 16.1. The third-order valence-electron chi connectivity index (χ3n) is 2.42. The first kappa shape index (κ1) is 10.7. The molecule has 0 heterocycles. The normalized spacial score (nSPS) is 12.1. The second-order valence-electron chi connectivity index (χ2n) is 3.34. The summed E-state index contributed by atoms with van der Waals surface area (Å²) >= 11 is 0. The van der Waals surface area contributed by atoms with Gasteiger partial charge in [0.1, 0.15) is 6.29 Å². The predicted octanol–water partition coefficient (Wildman–Crippen LogP) is 3.11. The van der Waals surface area contributed by atoms with Gasteiger partial charge in [-0.1, -0.05) is 37.3 Å². The van der Waals surface area contributed by atoms with E-state index in [0.717, 1.165) is 24.7 Å². The molecule has 1 heteroatoms. The third kappa shape index (κ3) is 2.32. The topological polar surface area (TPSA) is 17.1 Å². The molecule has 1 nitrogen and oxygen atoms in total. The van der Waals surface area contributed by atoms with E-state index in [4.69, 9.17) is 0 Å². The highest BCUT2D eigenvalue weighted by Crippen LogP contribution is 2.21. The Morgan fingerprint density at radius 2 is 2.14 bits per heavy atom. The van der Waals surface area contributed by atoms with Crippen molar-refractivity contribution in [2.75, 3.05) is 0 Å². The van der Waals surface area contributed by atoms with Gasteiger partial charge in [-0.2, -0.15) is 0 Å². The minimum atomic E-state index is 0.0335. The van der Waals surface area contributed by atoms with E-state index in [1.54, 1.807) is 0 Å². The van der Waals surface area contributed by atoms with Crippen LogP contribution in [0.4, 0.5) is 0 Å². The van der Waals surface area contributed by atoms with Crippen LogP contribution in [-0.4, -0.2) is 6.29 Å². The third-order valence-corrected chi connectivity index (χ3v) is 2.42. The van der Waals surface area contributed by atoms with E-state index in [9.17, 15) is 4.79 Å². The van der Waals surface area contributed by atoms with Crippen molar-refractivity contribution in [2.24, 2.45) is 0 Å². The van der Waals surface area contributed by atoms with Crippen molar-refractivity contribution in [1.29, 1.82) is 0 Å². The largest absolute Gasteiger partial charge is 0.303 e. The van der Waals surface area contributed by atoms with Crippen LogP contribution in [-0.2, 0) is 11.2 Å².